The van der Waals surface area contributed by atoms with Gasteiger partial charge in [0.05, 0.1) is 104 Å². The number of halogens is 11. The SMILES string of the molecule is O=C(Nc1cn(C2CCCC2=O)nc1-c1cc(Cl)ccc1OC(F)F)c1cnn2cccnc12.O=C(Nc1cn([C@@H]2CCOC2=O)nc1-c1cc(SC(F)F)ccc1OC(F)F)c1cnn2cccnc12.O=C(Nc1cn([C@@H]2CCOC2=O)nc1-c1cc2c(cc1OC(F)F)NCCS2)c1cnn2cccnc12.O=C(Nc1cn([C@H]2CCOC2=O)nc1-c1cc2c(cc1OC(F)F)NCCS2)c1cnn2cccnc12. The average molecular weight is 2080 g/mol. The number of benzene rings is 4. The van der Waals surface area contributed by atoms with E-state index < -0.39 is 97.9 Å². The lowest BCUT2D eigenvalue weighted by Crippen LogP contribution is -2.15. The van der Waals surface area contributed by atoms with Crippen LogP contribution in [-0.2, 0) is 33.4 Å². The van der Waals surface area contributed by atoms with Crippen LogP contribution in [-0.4, -0.2) is 221 Å². The molecule has 6 N–H and O–H groups in total. The van der Waals surface area contributed by atoms with Crippen molar-refractivity contribution in [3.05, 3.63) is 211 Å². The second kappa shape index (κ2) is 42.4. The first-order valence-corrected chi connectivity index (χ1v) is 47.0. The number of ketones is 1. The molecule has 145 heavy (non-hydrogen) atoms. The second-order valence-corrected chi connectivity index (χ2v) is 35.6. The molecule has 0 bridgehead atoms. The van der Waals surface area contributed by atoms with Crippen LogP contribution in [0.15, 0.2) is 199 Å². The number of thioether (sulfide) groups is 3. The molecule has 746 valence electrons. The van der Waals surface area contributed by atoms with E-state index in [1.165, 1.54) is 154 Å². The molecule has 16 aromatic rings. The third-order valence-corrected chi connectivity index (χ3v) is 25.9. The van der Waals surface area contributed by atoms with Gasteiger partial charge in [-0.05, 0) is 85.6 Å². The molecule has 17 heterocycles. The van der Waals surface area contributed by atoms with Crippen molar-refractivity contribution in [2.75, 3.05) is 76.3 Å². The van der Waals surface area contributed by atoms with E-state index in [1.54, 1.807) is 84.7 Å². The van der Waals surface area contributed by atoms with Gasteiger partial charge in [-0.2, -0.15) is 84.7 Å². The topological polar surface area (TPSA) is 465 Å². The summed E-state index contributed by atoms with van der Waals surface area (Å²) in [6.45, 7) is -10.5. The standard InChI is InChI=1S/2C23H19F2N7O4S.C22H17ClF2N6O3.C22H16F4N6O4S/c2*24-23(25)36-17-9-14-18(37-7-4-26-14)8-12(17)19-15(11-32(30-19)16-2-6-35-22(16)34)29-21(33)13-10-28-31-5-1-3-27-20(13)31;23-12-5-6-18(34-22(24)25)13(9-12)19-15(11-31(29-19)16-3-1-4-17(16)32)28-21(33)14-10-27-30-8-2-7-26-20(14)30;23-21(24)36-16-3-2-11(37-22(25)26)8-12(16)17-14(10-32(30-17)15-4-7-35-20(15)34)29-19(33)13-9-28-31-6-1-5-27-18(13)31/h2*1,3,5,8-11,16,23,26H,2,4,6-7H2,(H,29,33);2,5-11,16,22H,1,3-4H2,(H,28,33);1-3,5-6,8-10,15,21-22H,4,7H2,(H,29,33)/t2*16-;;15-/m10.1/s1. The molecule has 4 atom stereocenters. The van der Waals surface area contributed by atoms with Crippen molar-refractivity contribution in [2.45, 2.75) is 110 Å². The molecule has 0 spiro atoms. The molecule has 1 saturated carbocycles. The van der Waals surface area contributed by atoms with E-state index in [9.17, 15) is 82.3 Å². The normalized spacial score (nSPS) is 16.3. The summed E-state index contributed by atoms with van der Waals surface area (Å²) in [4.78, 5) is 120. The maximum Gasteiger partial charge on any atom is 0.387 e. The number of amides is 4. The molecule has 6 aliphatic rings. The molecular formula is C90H71ClF10N26O15S3. The minimum atomic E-state index is -3.22. The highest BCUT2D eigenvalue weighted by Gasteiger charge is 2.38. The molecule has 1 aliphatic carbocycles. The van der Waals surface area contributed by atoms with Crippen molar-refractivity contribution in [3.63, 3.8) is 0 Å². The van der Waals surface area contributed by atoms with Crippen LogP contribution < -0.4 is 50.8 Å². The average Bonchev–Trinajstić information content (AvgIpc) is 1.65. The van der Waals surface area contributed by atoms with Crippen LogP contribution >= 0.6 is 46.9 Å². The van der Waals surface area contributed by atoms with Crippen LogP contribution in [0.25, 0.3) is 67.6 Å². The number of Topliss-reactive ketones (excluding diaryl/α,β-unsaturated/α-hetero) is 1. The van der Waals surface area contributed by atoms with Crippen LogP contribution in [0.1, 0.15) is 104 Å². The van der Waals surface area contributed by atoms with E-state index >= 15 is 0 Å². The molecule has 12 aromatic heterocycles. The third kappa shape index (κ3) is 21.3. The zero-order valence-electron chi connectivity index (χ0n) is 74.2. The predicted molar refractivity (Wildman–Crippen MR) is 498 cm³/mol. The highest BCUT2D eigenvalue weighted by Crippen LogP contribution is 2.49. The van der Waals surface area contributed by atoms with Crippen LogP contribution in [0.2, 0.25) is 5.02 Å². The lowest BCUT2D eigenvalue weighted by atomic mass is 10.1. The molecule has 5 aliphatic heterocycles. The first-order valence-electron chi connectivity index (χ1n) is 43.7. The number of carbonyl (C=O) groups is 8. The van der Waals surface area contributed by atoms with Gasteiger partial charge in [0.25, 0.3) is 29.4 Å². The third-order valence-electron chi connectivity index (χ3n) is 22.8. The van der Waals surface area contributed by atoms with E-state index in [1.807, 2.05) is 0 Å². The minimum Gasteiger partial charge on any atom is -0.464 e. The van der Waals surface area contributed by atoms with Crippen molar-refractivity contribution in [3.8, 4) is 68.0 Å². The number of fused-ring (bicyclic) bond motifs is 6. The van der Waals surface area contributed by atoms with Crippen LogP contribution in [0, 0.1) is 0 Å². The Morgan fingerprint density at radius 2 is 0.752 bits per heavy atom. The van der Waals surface area contributed by atoms with Crippen molar-refractivity contribution in [1.29, 1.82) is 0 Å². The van der Waals surface area contributed by atoms with Gasteiger partial charge in [-0.1, -0.05) is 23.4 Å². The smallest absolute Gasteiger partial charge is 0.387 e. The fourth-order valence-electron chi connectivity index (χ4n) is 16.4. The Morgan fingerprint density at radius 3 is 1.08 bits per heavy atom. The van der Waals surface area contributed by atoms with Gasteiger partial charge in [-0.25, -0.2) is 52.4 Å². The Morgan fingerprint density at radius 1 is 0.421 bits per heavy atom. The summed E-state index contributed by atoms with van der Waals surface area (Å²) in [6, 6.07) is 17.9. The van der Waals surface area contributed by atoms with E-state index in [0.29, 0.717) is 73.5 Å². The largest absolute Gasteiger partial charge is 0.464 e. The summed E-state index contributed by atoms with van der Waals surface area (Å²) in [5.41, 5.74) is 4.85. The maximum absolute atomic E-state index is 13.4. The van der Waals surface area contributed by atoms with E-state index in [4.69, 9.17) is 35.3 Å². The molecule has 0 radical (unpaired) electrons. The highest BCUT2D eigenvalue weighted by atomic mass is 35.5. The molecule has 3 saturated heterocycles. The number of hydrogen-bond acceptors (Lipinski definition) is 32. The van der Waals surface area contributed by atoms with Crippen LogP contribution in [0.5, 0.6) is 23.0 Å². The molecule has 4 aromatic carbocycles. The number of anilines is 6. The quantitative estimate of drug-likeness (QED) is 0.0127. The predicted octanol–water partition coefficient (Wildman–Crippen LogP) is 15.5. The lowest BCUT2D eigenvalue weighted by Gasteiger charge is -2.20. The van der Waals surface area contributed by atoms with Crippen molar-refractivity contribution in [2.24, 2.45) is 0 Å². The number of cyclic esters (lactones) is 3. The highest BCUT2D eigenvalue weighted by molar-refractivity contribution is 8.00. The number of nitrogens with zero attached hydrogens (tertiary/aromatic N) is 20. The summed E-state index contributed by atoms with van der Waals surface area (Å²) in [5.74, 6) is -5.71. The Kier molecular flexibility index (Phi) is 28.5. The van der Waals surface area contributed by atoms with Crippen LogP contribution in [0.4, 0.5) is 78.0 Å². The number of ether oxygens (including phenoxy) is 7. The number of esters is 3. The van der Waals surface area contributed by atoms with Crippen molar-refractivity contribution < 1.29 is 115 Å². The number of alkyl halides is 10. The Labute approximate surface area is 824 Å². The van der Waals surface area contributed by atoms with Gasteiger partial charge in [0.15, 0.2) is 46.5 Å². The fraction of sp³-hybridized carbons (Fsp3) is 0.244. The molecule has 1 unspecified atom stereocenters. The maximum atomic E-state index is 13.4. The lowest BCUT2D eigenvalue weighted by molar-refractivity contribution is -0.141. The molecule has 22 rings (SSSR count). The number of carbonyl (C=O) groups excluding carboxylic acids is 8. The summed E-state index contributed by atoms with van der Waals surface area (Å²) in [5, 5.41) is 51.9. The zero-order chi connectivity index (χ0) is 101. The van der Waals surface area contributed by atoms with Gasteiger partial charge in [0.2, 0.25) is 0 Å². The zero-order valence-corrected chi connectivity index (χ0v) is 77.4. The number of hydrogen-bond donors (Lipinski definition) is 6. The molecule has 41 nitrogen and oxygen atoms in total. The number of nitrogens with one attached hydrogen (secondary N) is 6. The van der Waals surface area contributed by atoms with Gasteiger partial charge >= 0.3 is 44.4 Å². The van der Waals surface area contributed by atoms with Gasteiger partial charge in [0, 0.05) is 154 Å². The number of aromatic nitrogens is 20. The Hall–Kier alpha value is -16.4. The van der Waals surface area contributed by atoms with E-state index in [2.05, 4.69) is 102 Å². The van der Waals surface area contributed by atoms with Gasteiger partial charge in [0.1, 0.15) is 74.1 Å². The Balaban J connectivity index is 0.000000122. The Bertz CT molecular complexity index is 7470. The van der Waals surface area contributed by atoms with Gasteiger partial charge in [-0.15, -0.1) is 23.5 Å². The van der Waals surface area contributed by atoms with Crippen molar-refractivity contribution >= 4 is 151 Å². The second-order valence-electron chi connectivity index (χ2n) is 31.8. The van der Waals surface area contributed by atoms with Crippen LogP contribution in [0.3, 0.4) is 0 Å². The van der Waals surface area contributed by atoms with Gasteiger partial charge < -0.3 is 65.1 Å². The molecular weight excluding hydrogens is 2010 g/mol. The van der Waals surface area contributed by atoms with E-state index in [-0.39, 0.29) is 172 Å². The summed E-state index contributed by atoms with van der Waals surface area (Å²) in [6.07, 6.45) is 26.6. The first kappa shape index (κ1) is 97.4. The summed E-state index contributed by atoms with van der Waals surface area (Å²) < 4.78 is 177. The summed E-state index contributed by atoms with van der Waals surface area (Å²) >= 11 is 9.43. The molecule has 4 amide bonds. The van der Waals surface area contributed by atoms with Crippen molar-refractivity contribution in [1.82, 2.24) is 97.5 Å². The summed E-state index contributed by atoms with van der Waals surface area (Å²) in [7, 11) is 0. The van der Waals surface area contributed by atoms with Gasteiger partial charge in [-0.3, -0.25) is 42.7 Å². The molecule has 55 heteroatoms. The fourth-order valence-corrected chi connectivity index (χ4v) is 18.9. The minimum absolute atomic E-state index is 0.00824. The first-order chi connectivity index (χ1) is 70.1. The monoisotopic (exact) mass is 2080 g/mol. The number of rotatable bonds is 26. The van der Waals surface area contributed by atoms with E-state index in [0.717, 1.165) is 27.4 Å². The molecule has 4 fully saturated rings.